The van der Waals surface area contributed by atoms with Crippen molar-refractivity contribution in [1.82, 2.24) is 9.55 Å². The van der Waals surface area contributed by atoms with Crippen LogP contribution < -0.4 is 5.73 Å². The van der Waals surface area contributed by atoms with E-state index in [9.17, 15) is 0 Å². The molecule has 0 saturated carbocycles. The van der Waals surface area contributed by atoms with Gasteiger partial charge in [-0.25, -0.2) is 4.98 Å². The number of aromatic nitrogens is 2. The number of aryl methyl sites for hydroxylation is 2. The molecule has 0 radical (unpaired) electrons. The summed E-state index contributed by atoms with van der Waals surface area (Å²) in [5, 5.41) is 0. The van der Waals surface area contributed by atoms with Crippen LogP contribution in [0, 0.1) is 0 Å². The van der Waals surface area contributed by atoms with Gasteiger partial charge in [0.25, 0.3) is 0 Å². The molecule has 3 heteroatoms. The topological polar surface area (TPSA) is 43.8 Å². The lowest BCUT2D eigenvalue weighted by molar-refractivity contribution is 0.741. The standard InChI is InChI=1S/C11H15N3/c1-14-10-6-3-2-5-9(10)13-11(14)7-4-8-12/h2-3,5-6H,4,7-8,12H2,1H3. The summed E-state index contributed by atoms with van der Waals surface area (Å²) in [6.45, 7) is 0.725. The number of hydrogen-bond donors (Lipinski definition) is 1. The summed E-state index contributed by atoms with van der Waals surface area (Å²) in [5.41, 5.74) is 7.75. The van der Waals surface area contributed by atoms with E-state index in [1.165, 1.54) is 5.52 Å². The summed E-state index contributed by atoms with van der Waals surface area (Å²) in [6.07, 6.45) is 1.96. The van der Waals surface area contributed by atoms with Crippen molar-refractivity contribution in [3.63, 3.8) is 0 Å². The molecule has 0 fully saturated rings. The van der Waals surface area contributed by atoms with Crippen molar-refractivity contribution in [2.45, 2.75) is 12.8 Å². The van der Waals surface area contributed by atoms with E-state index in [0.29, 0.717) is 0 Å². The Morgan fingerprint density at radius 1 is 1.36 bits per heavy atom. The molecule has 0 spiro atoms. The van der Waals surface area contributed by atoms with E-state index in [1.807, 2.05) is 18.2 Å². The van der Waals surface area contributed by atoms with Gasteiger partial charge in [0.1, 0.15) is 5.82 Å². The minimum Gasteiger partial charge on any atom is -0.331 e. The van der Waals surface area contributed by atoms with Gasteiger partial charge < -0.3 is 10.3 Å². The van der Waals surface area contributed by atoms with Gasteiger partial charge in [0, 0.05) is 13.5 Å². The van der Waals surface area contributed by atoms with Crippen LogP contribution in [0.1, 0.15) is 12.2 Å². The molecule has 2 aromatic rings. The number of fused-ring (bicyclic) bond motifs is 1. The smallest absolute Gasteiger partial charge is 0.109 e. The summed E-state index contributed by atoms with van der Waals surface area (Å²) in [7, 11) is 2.06. The summed E-state index contributed by atoms with van der Waals surface area (Å²) in [6, 6.07) is 8.19. The molecule has 0 atom stereocenters. The maximum atomic E-state index is 5.48. The van der Waals surface area contributed by atoms with Gasteiger partial charge in [-0.2, -0.15) is 0 Å². The fraction of sp³-hybridized carbons (Fsp3) is 0.364. The predicted octanol–water partition coefficient (Wildman–Crippen LogP) is 1.46. The van der Waals surface area contributed by atoms with Crippen LogP contribution in [0.5, 0.6) is 0 Å². The van der Waals surface area contributed by atoms with Crippen molar-refractivity contribution in [2.24, 2.45) is 12.8 Å². The molecule has 1 aromatic carbocycles. The minimum absolute atomic E-state index is 0.725. The largest absolute Gasteiger partial charge is 0.331 e. The van der Waals surface area contributed by atoms with Crippen LogP contribution in [0.4, 0.5) is 0 Å². The van der Waals surface area contributed by atoms with E-state index in [0.717, 1.165) is 30.7 Å². The third-order valence-electron chi connectivity index (χ3n) is 2.48. The molecular weight excluding hydrogens is 174 g/mol. The Labute approximate surface area is 83.6 Å². The lowest BCUT2D eigenvalue weighted by Crippen LogP contribution is -2.04. The van der Waals surface area contributed by atoms with Gasteiger partial charge >= 0.3 is 0 Å². The molecule has 1 aromatic heterocycles. The number of benzene rings is 1. The summed E-state index contributed by atoms with van der Waals surface area (Å²) < 4.78 is 2.14. The van der Waals surface area contributed by atoms with Gasteiger partial charge in [-0.15, -0.1) is 0 Å². The van der Waals surface area contributed by atoms with E-state index >= 15 is 0 Å². The third-order valence-corrected chi connectivity index (χ3v) is 2.48. The van der Waals surface area contributed by atoms with Gasteiger partial charge in [0.05, 0.1) is 11.0 Å². The second kappa shape index (κ2) is 3.80. The highest BCUT2D eigenvalue weighted by Crippen LogP contribution is 2.14. The number of nitrogens with two attached hydrogens (primary N) is 1. The van der Waals surface area contributed by atoms with Gasteiger partial charge in [0.2, 0.25) is 0 Å². The molecule has 0 amide bonds. The number of imidazole rings is 1. The lowest BCUT2D eigenvalue weighted by Gasteiger charge is -2.00. The summed E-state index contributed by atoms with van der Waals surface area (Å²) >= 11 is 0. The molecule has 74 valence electrons. The fourth-order valence-corrected chi connectivity index (χ4v) is 1.68. The fourth-order valence-electron chi connectivity index (χ4n) is 1.68. The molecule has 0 aliphatic heterocycles. The van der Waals surface area contributed by atoms with Crippen LogP contribution in [0.2, 0.25) is 0 Å². The summed E-state index contributed by atoms with van der Waals surface area (Å²) in [5.74, 6) is 1.12. The molecule has 3 nitrogen and oxygen atoms in total. The second-order valence-corrected chi connectivity index (χ2v) is 3.47. The first-order valence-electron chi connectivity index (χ1n) is 4.93. The van der Waals surface area contributed by atoms with Crippen molar-refractivity contribution >= 4 is 11.0 Å². The van der Waals surface area contributed by atoms with Crippen LogP contribution in [0.15, 0.2) is 24.3 Å². The third kappa shape index (κ3) is 1.51. The Balaban J connectivity index is 2.41. The number of nitrogens with zero attached hydrogens (tertiary/aromatic N) is 2. The molecule has 0 aliphatic rings. The maximum Gasteiger partial charge on any atom is 0.109 e. The van der Waals surface area contributed by atoms with Crippen molar-refractivity contribution < 1.29 is 0 Å². The lowest BCUT2D eigenvalue weighted by atomic mass is 10.3. The maximum absolute atomic E-state index is 5.48. The van der Waals surface area contributed by atoms with Crippen LogP contribution >= 0.6 is 0 Å². The molecule has 2 rings (SSSR count). The normalized spacial score (nSPS) is 11.0. The van der Waals surface area contributed by atoms with Gasteiger partial charge in [-0.05, 0) is 25.1 Å². The first-order chi connectivity index (χ1) is 6.83. The number of para-hydroxylation sites is 2. The van der Waals surface area contributed by atoms with Crippen LogP contribution in [-0.4, -0.2) is 16.1 Å². The zero-order valence-corrected chi connectivity index (χ0v) is 8.40. The van der Waals surface area contributed by atoms with Gasteiger partial charge in [-0.1, -0.05) is 12.1 Å². The Kier molecular flexibility index (Phi) is 2.50. The molecule has 0 saturated heterocycles. The molecule has 1 heterocycles. The first kappa shape index (κ1) is 9.21. The van der Waals surface area contributed by atoms with Gasteiger partial charge in [0.15, 0.2) is 0 Å². The van der Waals surface area contributed by atoms with E-state index in [4.69, 9.17) is 5.73 Å². The van der Waals surface area contributed by atoms with Crippen LogP contribution in [0.25, 0.3) is 11.0 Å². The van der Waals surface area contributed by atoms with E-state index in [-0.39, 0.29) is 0 Å². The van der Waals surface area contributed by atoms with E-state index in [1.54, 1.807) is 0 Å². The molecule has 14 heavy (non-hydrogen) atoms. The average Bonchev–Trinajstić information content (AvgIpc) is 2.54. The zero-order chi connectivity index (χ0) is 9.97. The van der Waals surface area contributed by atoms with E-state index in [2.05, 4.69) is 22.7 Å². The molecule has 0 bridgehead atoms. The Hall–Kier alpha value is -1.35. The average molecular weight is 189 g/mol. The molecular formula is C11H15N3. The summed E-state index contributed by atoms with van der Waals surface area (Å²) in [4.78, 5) is 4.56. The van der Waals surface area contributed by atoms with Crippen molar-refractivity contribution in [1.29, 1.82) is 0 Å². The monoisotopic (exact) mass is 189 g/mol. The highest BCUT2D eigenvalue weighted by molar-refractivity contribution is 5.75. The number of hydrogen-bond acceptors (Lipinski definition) is 2. The molecule has 0 unspecified atom stereocenters. The first-order valence-corrected chi connectivity index (χ1v) is 4.93. The van der Waals surface area contributed by atoms with E-state index < -0.39 is 0 Å². The quantitative estimate of drug-likeness (QED) is 0.794. The second-order valence-electron chi connectivity index (χ2n) is 3.47. The SMILES string of the molecule is Cn1c(CCCN)nc2ccccc21. The molecule has 0 aliphatic carbocycles. The van der Waals surface area contributed by atoms with Crippen molar-refractivity contribution in [3.05, 3.63) is 30.1 Å². The molecule has 2 N–H and O–H groups in total. The van der Waals surface area contributed by atoms with Crippen LogP contribution in [0.3, 0.4) is 0 Å². The van der Waals surface area contributed by atoms with Crippen molar-refractivity contribution in [3.8, 4) is 0 Å². The number of rotatable bonds is 3. The van der Waals surface area contributed by atoms with Gasteiger partial charge in [-0.3, -0.25) is 0 Å². The highest BCUT2D eigenvalue weighted by atomic mass is 15.1. The van der Waals surface area contributed by atoms with Crippen molar-refractivity contribution in [2.75, 3.05) is 6.54 Å². The minimum atomic E-state index is 0.725. The highest BCUT2D eigenvalue weighted by Gasteiger charge is 2.05. The zero-order valence-electron chi connectivity index (χ0n) is 8.40. The Morgan fingerprint density at radius 2 is 2.14 bits per heavy atom. The Bertz CT molecular complexity index is 431. The predicted molar refractivity (Wildman–Crippen MR) is 58.1 cm³/mol. The van der Waals surface area contributed by atoms with Crippen LogP contribution in [-0.2, 0) is 13.5 Å². The Morgan fingerprint density at radius 3 is 2.86 bits per heavy atom.